The number of amides is 1. The average Bonchev–Trinajstić information content (AvgIpc) is 3.26. The molecule has 0 aliphatic heterocycles. The molecule has 4 aromatic rings. The highest BCUT2D eigenvalue weighted by Crippen LogP contribution is 2.33. The van der Waals surface area contributed by atoms with E-state index in [2.05, 4.69) is 20.4 Å². The summed E-state index contributed by atoms with van der Waals surface area (Å²) < 4.78 is 24.4. The second-order valence-electron chi connectivity index (χ2n) is 6.93. The van der Waals surface area contributed by atoms with Gasteiger partial charge in [0, 0.05) is 23.4 Å². The molecule has 2 heterocycles. The molecular formula is C23H21FN4O3S. The second kappa shape index (κ2) is 9.78. The van der Waals surface area contributed by atoms with Gasteiger partial charge in [0.15, 0.2) is 6.61 Å². The number of halogens is 1. The number of nitrogens with zero attached hydrogens (tertiary/aromatic N) is 3. The number of fused-ring (bicyclic) bond motifs is 1. The SMILES string of the molecule is CCc1nc(OCC(=O)NCc2ccc(SC)cc2)c2c(-c3ccc(F)cc3)noc2n1. The molecular weight excluding hydrogens is 431 g/mol. The average molecular weight is 453 g/mol. The van der Waals surface area contributed by atoms with E-state index >= 15 is 0 Å². The first-order valence-corrected chi connectivity index (χ1v) is 11.2. The number of nitrogens with one attached hydrogen (secondary N) is 1. The number of benzene rings is 2. The molecule has 32 heavy (non-hydrogen) atoms. The van der Waals surface area contributed by atoms with Crippen LogP contribution in [0.5, 0.6) is 5.88 Å². The van der Waals surface area contributed by atoms with Gasteiger partial charge in [-0.2, -0.15) is 9.97 Å². The van der Waals surface area contributed by atoms with Crippen molar-refractivity contribution in [3.63, 3.8) is 0 Å². The Morgan fingerprint density at radius 2 is 1.88 bits per heavy atom. The zero-order chi connectivity index (χ0) is 22.5. The highest BCUT2D eigenvalue weighted by molar-refractivity contribution is 7.98. The van der Waals surface area contributed by atoms with Crippen LogP contribution in [0.1, 0.15) is 18.3 Å². The quantitative estimate of drug-likeness (QED) is 0.396. The fourth-order valence-electron chi connectivity index (χ4n) is 3.06. The summed E-state index contributed by atoms with van der Waals surface area (Å²) in [5, 5.41) is 7.34. The first kappa shape index (κ1) is 21.8. The van der Waals surface area contributed by atoms with Crippen LogP contribution >= 0.6 is 11.8 Å². The lowest BCUT2D eigenvalue weighted by Crippen LogP contribution is -2.28. The normalized spacial score (nSPS) is 11.0. The van der Waals surface area contributed by atoms with Gasteiger partial charge in [-0.25, -0.2) is 4.39 Å². The van der Waals surface area contributed by atoms with E-state index in [0.29, 0.717) is 35.4 Å². The van der Waals surface area contributed by atoms with Crippen LogP contribution < -0.4 is 10.1 Å². The summed E-state index contributed by atoms with van der Waals surface area (Å²) in [7, 11) is 0. The topological polar surface area (TPSA) is 90.1 Å². The Morgan fingerprint density at radius 3 is 2.56 bits per heavy atom. The molecule has 0 spiro atoms. The Balaban J connectivity index is 1.51. The third-order valence-electron chi connectivity index (χ3n) is 4.77. The van der Waals surface area contributed by atoms with E-state index < -0.39 is 0 Å². The molecule has 9 heteroatoms. The van der Waals surface area contributed by atoms with Gasteiger partial charge in [-0.05, 0) is 48.2 Å². The van der Waals surface area contributed by atoms with Gasteiger partial charge < -0.3 is 14.6 Å². The molecule has 1 N–H and O–H groups in total. The van der Waals surface area contributed by atoms with Crippen LogP contribution in [0, 0.1) is 5.82 Å². The lowest BCUT2D eigenvalue weighted by Gasteiger charge is -2.09. The fraction of sp³-hybridized carbons (Fsp3) is 0.217. The summed E-state index contributed by atoms with van der Waals surface area (Å²) in [4.78, 5) is 22.3. The van der Waals surface area contributed by atoms with E-state index in [-0.39, 0.29) is 29.9 Å². The Kier molecular flexibility index (Phi) is 6.65. The number of aryl methyl sites for hydroxylation is 1. The number of thioether (sulfide) groups is 1. The molecule has 4 rings (SSSR count). The van der Waals surface area contributed by atoms with Gasteiger partial charge in [0.25, 0.3) is 11.6 Å². The first-order valence-electron chi connectivity index (χ1n) is 10.0. The molecule has 164 valence electrons. The van der Waals surface area contributed by atoms with Crippen LogP contribution in [-0.4, -0.2) is 33.9 Å². The van der Waals surface area contributed by atoms with Gasteiger partial charge >= 0.3 is 0 Å². The highest BCUT2D eigenvalue weighted by atomic mass is 32.2. The number of ether oxygens (including phenoxy) is 1. The lowest BCUT2D eigenvalue weighted by atomic mass is 10.1. The van der Waals surface area contributed by atoms with Gasteiger partial charge in [0.1, 0.15) is 22.7 Å². The summed E-state index contributed by atoms with van der Waals surface area (Å²) >= 11 is 1.66. The largest absolute Gasteiger partial charge is 0.467 e. The van der Waals surface area contributed by atoms with Gasteiger partial charge in [-0.1, -0.05) is 24.2 Å². The Morgan fingerprint density at radius 1 is 1.12 bits per heavy atom. The maximum absolute atomic E-state index is 13.3. The van der Waals surface area contributed by atoms with Crippen molar-refractivity contribution in [3.05, 3.63) is 65.7 Å². The van der Waals surface area contributed by atoms with Crippen molar-refractivity contribution < 1.29 is 18.4 Å². The standard InChI is InChI=1S/C23H21FN4O3S/c1-3-18-26-22(30-13-19(29)25-12-14-4-10-17(32-2)11-5-14)20-21(28-31-23(20)27-18)15-6-8-16(24)9-7-15/h4-11H,3,12-13H2,1-2H3,(H,25,29). The summed E-state index contributed by atoms with van der Waals surface area (Å²) in [5.74, 6) is 0.0568. The van der Waals surface area contributed by atoms with Gasteiger partial charge in [0.2, 0.25) is 5.88 Å². The molecule has 0 bridgehead atoms. The van der Waals surface area contributed by atoms with E-state index in [1.165, 1.54) is 12.1 Å². The Bertz CT molecular complexity index is 1230. The minimum absolute atomic E-state index is 0.201. The van der Waals surface area contributed by atoms with Crippen LogP contribution in [0.25, 0.3) is 22.4 Å². The summed E-state index contributed by atoms with van der Waals surface area (Å²) in [6.07, 6.45) is 2.57. The van der Waals surface area contributed by atoms with E-state index in [9.17, 15) is 9.18 Å². The zero-order valence-corrected chi connectivity index (χ0v) is 18.4. The van der Waals surface area contributed by atoms with Gasteiger partial charge in [0.05, 0.1) is 0 Å². The predicted molar refractivity (Wildman–Crippen MR) is 120 cm³/mol. The maximum Gasteiger partial charge on any atom is 0.265 e. The van der Waals surface area contributed by atoms with Crippen molar-refractivity contribution in [1.82, 2.24) is 20.4 Å². The molecule has 1 amide bonds. The molecule has 0 atom stereocenters. The molecule has 0 aliphatic carbocycles. The summed E-state index contributed by atoms with van der Waals surface area (Å²) in [6.45, 7) is 2.06. The summed E-state index contributed by atoms with van der Waals surface area (Å²) in [6, 6.07) is 13.8. The molecule has 0 aliphatic rings. The van der Waals surface area contributed by atoms with Crippen LogP contribution in [0.15, 0.2) is 57.9 Å². The minimum Gasteiger partial charge on any atom is -0.467 e. The number of hydrogen-bond acceptors (Lipinski definition) is 7. The van der Waals surface area contributed by atoms with Gasteiger partial charge in [-0.3, -0.25) is 4.79 Å². The van der Waals surface area contributed by atoms with Gasteiger partial charge in [-0.15, -0.1) is 11.8 Å². The first-order chi connectivity index (χ1) is 15.6. The van der Waals surface area contributed by atoms with Crippen molar-refractivity contribution in [3.8, 4) is 17.1 Å². The van der Waals surface area contributed by atoms with Crippen molar-refractivity contribution in [2.24, 2.45) is 0 Å². The number of hydrogen-bond donors (Lipinski definition) is 1. The smallest absolute Gasteiger partial charge is 0.265 e. The molecule has 0 saturated carbocycles. The number of aromatic nitrogens is 3. The van der Waals surface area contributed by atoms with E-state index in [4.69, 9.17) is 9.26 Å². The van der Waals surface area contributed by atoms with Crippen molar-refractivity contribution in [2.75, 3.05) is 12.9 Å². The third kappa shape index (κ3) is 4.88. The molecule has 0 fully saturated rings. The lowest BCUT2D eigenvalue weighted by molar-refractivity contribution is -0.123. The third-order valence-corrected chi connectivity index (χ3v) is 5.52. The predicted octanol–water partition coefficient (Wildman–Crippen LogP) is 4.40. The molecule has 0 radical (unpaired) electrons. The fourth-order valence-corrected chi connectivity index (χ4v) is 3.47. The molecule has 7 nitrogen and oxygen atoms in total. The van der Waals surface area contributed by atoms with Crippen molar-refractivity contribution in [1.29, 1.82) is 0 Å². The maximum atomic E-state index is 13.3. The molecule has 2 aromatic heterocycles. The molecule has 0 saturated heterocycles. The molecule has 0 unspecified atom stereocenters. The second-order valence-corrected chi connectivity index (χ2v) is 7.81. The van der Waals surface area contributed by atoms with E-state index in [1.54, 1.807) is 23.9 Å². The number of carbonyl (C=O) groups excluding carboxylic acids is 1. The van der Waals surface area contributed by atoms with Crippen molar-refractivity contribution >= 4 is 28.8 Å². The monoisotopic (exact) mass is 452 g/mol. The van der Waals surface area contributed by atoms with E-state index in [0.717, 1.165) is 10.5 Å². The number of rotatable bonds is 8. The van der Waals surface area contributed by atoms with E-state index in [1.807, 2.05) is 37.4 Å². The van der Waals surface area contributed by atoms with Crippen LogP contribution in [0.3, 0.4) is 0 Å². The molecule has 2 aromatic carbocycles. The summed E-state index contributed by atoms with van der Waals surface area (Å²) in [5.41, 5.74) is 2.29. The van der Waals surface area contributed by atoms with Crippen LogP contribution in [0.2, 0.25) is 0 Å². The van der Waals surface area contributed by atoms with Crippen LogP contribution in [0.4, 0.5) is 4.39 Å². The zero-order valence-electron chi connectivity index (χ0n) is 17.6. The Labute approximate surface area is 188 Å². The van der Waals surface area contributed by atoms with Crippen molar-refractivity contribution in [2.45, 2.75) is 24.8 Å². The van der Waals surface area contributed by atoms with Crippen LogP contribution in [-0.2, 0) is 17.8 Å². The minimum atomic E-state index is -0.359. The highest BCUT2D eigenvalue weighted by Gasteiger charge is 2.20. The number of carbonyl (C=O) groups is 1. The Hall–Kier alpha value is -3.46.